The number of rotatable bonds is 5. The molecule has 0 atom stereocenters. The number of hydrogen-bond acceptors (Lipinski definition) is 5. The third-order valence-electron chi connectivity index (χ3n) is 3.21. The largest absolute Gasteiger partial charge is 0.456 e. The van der Waals surface area contributed by atoms with Crippen LogP contribution in [0.2, 0.25) is 0 Å². The molecule has 126 valence electrons. The number of nitrogens with one attached hydrogen (secondary N) is 1. The first-order valence-corrected chi connectivity index (χ1v) is 7.97. The molecule has 0 aliphatic heterocycles. The van der Waals surface area contributed by atoms with Gasteiger partial charge in [0, 0.05) is 17.8 Å². The molecule has 0 saturated carbocycles. The van der Waals surface area contributed by atoms with Crippen molar-refractivity contribution in [1.29, 1.82) is 0 Å². The van der Waals surface area contributed by atoms with E-state index in [9.17, 15) is 19.3 Å². The first-order valence-electron chi connectivity index (χ1n) is 7.09. The number of benzene rings is 2. The smallest absolute Gasteiger partial charge is 0.269 e. The number of nitro benzene ring substituents is 1. The van der Waals surface area contributed by atoms with E-state index in [4.69, 9.17) is 4.74 Å². The Morgan fingerprint density at radius 1 is 1.08 bits per heavy atom. The lowest BCUT2D eigenvalue weighted by molar-refractivity contribution is -0.384. The lowest BCUT2D eigenvalue weighted by Gasteiger charge is -2.08. The first-order chi connectivity index (χ1) is 12.0. The van der Waals surface area contributed by atoms with E-state index in [1.807, 2.05) is 0 Å². The van der Waals surface area contributed by atoms with Crippen LogP contribution in [0.25, 0.3) is 0 Å². The number of amides is 1. The minimum absolute atomic E-state index is 0.0491. The van der Waals surface area contributed by atoms with Crippen molar-refractivity contribution >= 4 is 28.6 Å². The van der Waals surface area contributed by atoms with Crippen LogP contribution in [0.15, 0.2) is 60.0 Å². The number of carbonyl (C=O) groups is 1. The van der Waals surface area contributed by atoms with Gasteiger partial charge in [0.1, 0.15) is 16.4 Å². The number of halogens is 1. The number of carbonyl (C=O) groups excluding carboxylic acids is 1. The van der Waals surface area contributed by atoms with Crippen molar-refractivity contribution in [2.75, 3.05) is 5.32 Å². The fourth-order valence-corrected chi connectivity index (χ4v) is 2.74. The van der Waals surface area contributed by atoms with Gasteiger partial charge in [0.15, 0.2) is 5.75 Å². The molecule has 0 aliphatic rings. The second kappa shape index (κ2) is 7.10. The Hall–Kier alpha value is -3.26. The Labute approximate surface area is 145 Å². The van der Waals surface area contributed by atoms with Crippen LogP contribution in [0.4, 0.5) is 15.8 Å². The van der Waals surface area contributed by atoms with Gasteiger partial charge in [0.05, 0.1) is 4.92 Å². The van der Waals surface area contributed by atoms with Crippen molar-refractivity contribution in [2.45, 2.75) is 0 Å². The monoisotopic (exact) mass is 358 g/mol. The molecule has 0 radical (unpaired) electrons. The topological polar surface area (TPSA) is 81.5 Å². The van der Waals surface area contributed by atoms with Gasteiger partial charge in [-0.05, 0) is 47.8 Å². The van der Waals surface area contributed by atoms with Gasteiger partial charge >= 0.3 is 0 Å². The quantitative estimate of drug-likeness (QED) is 0.523. The van der Waals surface area contributed by atoms with Crippen LogP contribution in [0, 0.1) is 15.9 Å². The molecule has 3 rings (SSSR count). The van der Waals surface area contributed by atoms with Crippen LogP contribution >= 0.6 is 11.3 Å². The zero-order chi connectivity index (χ0) is 17.8. The summed E-state index contributed by atoms with van der Waals surface area (Å²) in [6.45, 7) is 0. The molecular weight excluding hydrogens is 347 g/mol. The van der Waals surface area contributed by atoms with Gasteiger partial charge in [-0.25, -0.2) is 4.39 Å². The van der Waals surface area contributed by atoms with Gasteiger partial charge in [0.2, 0.25) is 0 Å². The Morgan fingerprint density at radius 2 is 1.76 bits per heavy atom. The Morgan fingerprint density at radius 3 is 2.40 bits per heavy atom. The molecule has 0 aliphatic carbocycles. The van der Waals surface area contributed by atoms with Crippen LogP contribution in [0.5, 0.6) is 11.5 Å². The van der Waals surface area contributed by atoms with E-state index in [0.717, 1.165) is 0 Å². The standard InChI is InChI=1S/C17H11FN2O4S/c18-11-1-3-12(4-2-11)19-17(21)16-15(9-10-25-16)24-14-7-5-13(6-8-14)20(22)23/h1-10H,(H,19,21). The molecule has 1 aromatic heterocycles. The molecule has 0 spiro atoms. The summed E-state index contributed by atoms with van der Waals surface area (Å²) in [5.74, 6) is -0.0758. The van der Waals surface area contributed by atoms with Crippen molar-refractivity contribution in [1.82, 2.24) is 0 Å². The summed E-state index contributed by atoms with van der Waals surface area (Å²) in [6.07, 6.45) is 0. The third-order valence-corrected chi connectivity index (χ3v) is 4.11. The van der Waals surface area contributed by atoms with Crippen LogP contribution in [-0.2, 0) is 0 Å². The fraction of sp³-hybridized carbons (Fsp3) is 0. The molecule has 0 unspecified atom stereocenters. The van der Waals surface area contributed by atoms with E-state index in [2.05, 4.69) is 5.32 Å². The molecule has 2 aromatic carbocycles. The average Bonchev–Trinajstić information content (AvgIpc) is 3.05. The molecule has 1 N–H and O–H groups in total. The number of nitrogens with zero attached hydrogens (tertiary/aromatic N) is 1. The Bertz CT molecular complexity index is 907. The normalized spacial score (nSPS) is 10.3. The summed E-state index contributed by atoms with van der Waals surface area (Å²) in [4.78, 5) is 22.8. The van der Waals surface area contributed by atoms with E-state index >= 15 is 0 Å². The lowest BCUT2D eigenvalue weighted by atomic mass is 10.3. The van der Waals surface area contributed by atoms with Crippen molar-refractivity contribution in [3.05, 3.63) is 80.8 Å². The predicted molar refractivity (Wildman–Crippen MR) is 91.8 cm³/mol. The molecule has 1 amide bonds. The molecule has 8 heteroatoms. The van der Waals surface area contributed by atoms with E-state index in [1.54, 1.807) is 11.4 Å². The highest BCUT2D eigenvalue weighted by molar-refractivity contribution is 7.12. The van der Waals surface area contributed by atoms with Crippen molar-refractivity contribution in [3.63, 3.8) is 0 Å². The maximum atomic E-state index is 12.9. The van der Waals surface area contributed by atoms with Gasteiger partial charge in [-0.1, -0.05) is 0 Å². The second-order valence-electron chi connectivity index (χ2n) is 4.93. The maximum Gasteiger partial charge on any atom is 0.269 e. The van der Waals surface area contributed by atoms with E-state index in [1.165, 1.54) is 59.9 Å². The van der Waals surface area contributed by atoms with Crippen LogP contribution in [0.1, 0.15) is 9.67 Å². The summed E-state index contributed by atoms with van der Waals surface area (Å²) >= 11 is 1.19. The predicted octanol–water partition coefficient (Wildman–Crippen LogP) is 4.84. The summed E-state index contributed by atoms with van der Waals surface area (Å²) in [7, 11) is 0. The molecule has 0 bridgehead atoms. The number of non-ortho nitro benzene ring substituents is 1. The van der Waals surface area contributed by atoms with Crippen molar-refractivity contribution in [3.8, 4) is 11.5 Å². The summed E-state index contributed by atoms with van der Waals surface area (Å²) in [5, 5.41) is 15.0. The molecule has 1 heterocycles. The van der Waals surface area contributed by atoms with Crippen LogP contribution in [0.3, 0.4) is 0 Å². The fourth-order valence-electron chi connectivity index (χ4n) is 2.03. The lowest BCUT2D eigenvalue weighted by Crippen LogP contribution is -2.11. The number of thiophene rings is 1. The Kier molecular flexibility index (Phi) is 4.71. The summed E-state index contributed by atoms with van der Waals surface area (Å²) in [6, 6.07) is 12.6. The highest BCUT2D eigenvalue weighted by Gasteiger charge is 2.16. The van der Waals surface area contributed by atoms with Crippen molar-refractivity contribution < 1.29 is 18.8 Å². The van der Waals surface area contributed by atoms with Gasteiger partial charge < -0.3 is 10.1 Å². The first kappa shape index (κ1) is 16.6. The molecule has 6 nitrogen and oxygen atoms in total. The molecular formula is C17H11FN2O4S. The Balaban J connectivity index is 1.74. The number of ether oxygens (including phenoxy) is 1. The number of hydrogen-bond donors (Lipinski definition) is 1. The van der Waals surface area contributed by atoms with Gasteiger partial charge in [-0.2, -0.15) is 0 Å². The van der Waals surface area contributed by atoms with E-state index in [-0.39, 0.29) is 5.69 Å². The average molecular weight is 358 g/mol. The zero-order valence-corrected chi connectivity index (χ0v) is 13.5. The summed E-state index contributed by atoms with van der Waals surface area (Å²) in [5.41, 5.74) is 0.410. The zero-order valence-electron chi connectivity index (χ0n) is 12.6. The SMILES string of the molecule is O=C(Nc1ccc(F)cc1)c1sccc1Oc1ccc([N+](=O)[O-])cc1. The third kappa shape index (κ3) is 3.99. The van der Waals surface area contributed by atoms with Crippen LogP contribution < -0.4 is 10.1 Å². The highest BCUT2D eigenvalue weighted by atomic mass is 32.1. The highest BCUT2D eigenvalue weighted by Crippen LogP contribution is 2.31. The van der Waals surface area contributed by atoms with Gasteiger partial charge in [-0.3, -0.25) is 14.9 Å². The molecule has 0 saturated heterocycles. The maximum absolute atomic E-state index is 12.9. The molecule has 0 fully saturated rings. The van der Waals surface area contributed by atoms with Gasteiger partial charge in [-0.15, -0.1) is 11.3 Å². The number of nitro groups is 1. The summed E-state index contributed by atoms with van der Waals surface area (Å²) < 4.78 is 18.5. The number of anilines is 1. The van der Waals surface area contributed by atoms with Crippen LogP contribution in [-0.4, -0.2) is 10.8 Å². The van der Waals surface area contributed by atoms with Crippen molar-refractivity contribution in [2.24, 2.45) is 0 Å². The van der Waals surface area contributed by atoms with E-state index < -0.39 is 16.6 Å². The minimum Gasteiger partial charge on any atom is -0.456 e. The molecule has 3 aromatic rings. The van der Waals surface area contributed by atoms with Gasteiger partial charge in [0.25, 0.3) is 11.6 Å². The minimum atomic E-state index is -0.504. The molecule has 25 heavy (non-hydrogen) atoms. The van der Waals surface area contributed by atoms with E-state index in [0.29, 0.717) is 22.1 Å². The second-order valence-corrected chi connectivity index (χ2v) is 5.84.